The van der Waals surface area contributed by atoms with Crippen LogP contribution in [0.15, 0.2) is 42.5 Å². The lowest BCUT2D eigenvalue weighted by Crippen LogP contribution is -2.21. The van der Waals surface area contributed by atoms with Crippen LogP contribution in [0.3, 0.4) is 0 Å². The van der Waals surface area contributed by atoms with Crippen LogP contribution in [-0.2, 0) is 14.3 Å². The highest BCUT2D eigenvalue weighted by Crippen LogP contribution is 2.40. The first kappa shape index (κ1) is 18.9. The van der Waals surface area contributed by atoms with Gasteiger partial charge in [0.15, 0.2) is 0 Å². The van der Waals surface area contributed by atoms with Gasteiger partial charge in [-0.15, -0.1) is 0 Å². The average Bonchev–Trinajstić information content (AvgIpc) is 3.46. The second-order valence-electron chi connectivity index (χ2n) is 6.46. The molecule has 2 aromatic rings. The van der Waals surface area contributed by atoms with Gasteiger partial charge < -0.3 is 15.4 Å². The van der Waals surface area contributed by atoms with E-state index in [1.165, 1.54) is 7.11 Å². The number of amides is 2. The third kappa shape index (κ3) is 4.46. The number of benzene rings is 2. The lowest BCUT2D eigenvalue weighted by atomic mass is 10.2. The van der Waals surface area contributed by atoms with Gasteiger partial charge in [0.1, 0.15) is 0 Å². The van der Waals surface area contributed by atoms with Gasteiger partial charge >= 0.3 is 5.97 Å². The molecule has 6 nitrogen and oxygen atoms in total. The Hall–Kier alpha value is -2.86. The van der Waals surface area contributed by atoms with Crippen molar-refractivity contribution < 1.29 is 19.1 Å². The number of methoxy groups -OCH3 is 1. The quantitative estimate of drug-likeness (QED) is 0.768. The van der Waals surface area contributed by atoms with E-state index in [4.69, 9.17) is 11.6 Å². The Labute approximate surface area is 161 Å². The minimum absolute atomic E-state index is 0.193. The van der Waals surface area contributed by atoms with Gasteiger partial charge in [-0.2, -0.15) is 0 Å². The molecule has 1 aliphatic rings. The number of carbonyl (C=O) groups excluding carboxylic acids is 3. The Morgan fingerprint density at radius 2 is 1.63 bits per heavy atom. The summed E-state index contributed by atoms with van der Waals surface area (Å²) >= 11 is 5.96. The van der Waals surface area contributed by atoms with E-state index in [1.54, 1.807) is 36.4 Å². The first-order chi connectivity index (χ1) is 12.9. The highest BCUT2D eigenvalue weighted by Gasteiger charge is 2.48. The normalized spacial score (nSPS) is 17.7. The van der Waals surface area contributed by atoms with Crippen LogP contribution in [0.5, 0.6) is 0 Å². The fourth-order valence-electron chi connectivity index (χ4n) is 2.77. The summed E-state index contributed by atoms with van der Waals surface area (Å²) in [5, 5.41) is 6.14. The van der Waals surface area contributed by atoms with Gasteiger partial charge in [0.25, 0.3) is 0 Å². The molecule has 1 saturated carbocycles. The smallest absolute Gasteiger partial charge is 0.337 e. The molecule has 2 aromatic carbocycles. The number of rotatable bonds is 5. The lowest BCUT2D eigenvalue weighted by Gasteiger charge is -2.09. The lowest BCUT2D eigenvalue weighted by molar-refractivity contribution is -0.122. The predicted molar refractivity (Wildman–Crippen MR) is 103 cm³/mol. The summed E-state index contributed by atoms with van der Waals surface area (Å²) in [6, 6.07) is 11.7. The Kier molecular flexibility index (Phi) is 5.46. The summed E-state index contributed by atoms with van der Waals surface area (Å²) in [7, 11) is 1.31. The number of halogens is 1. The van der Waals surface area contributed by atoms with Crippen molar-refractivity contribution in [2.45, 2.75) is 13.3 Å². The molecule has 2 amide bonds. The van der Waals surface area contributed by atoms with Gasteiger partial charge in [-0.25, -0.2) is 4.79 Å². The second kappa shape index (κ2) is 7.80. The summed E-state index contributed by atoms with van der Waals surface area (Å²) in [5.41, 5.74) is 2.51. The zero-order valence-electron chi connectivity index (χ0n) is 14.9. The number of ether oxygens (including phenoxy) is 1. The minimum Gasteiger partial charge on any atom is -0.465 e. The second-order valence-corrected chi connectivity index (χ2v) is 6.89. The molecule has 0 radical (unpaired) electrons. The first-order valence-corrected chi connectivity index (χ1v) is 8.83. The number of aryl methyl sites for hydroxylation is 1. The van der Waals surface area contributed by atoms with Crippen molar-refractivity contribution in [2.24, 2.45) is 11.8 Å². The maximum Gasteiger partial charge on any atom is 0.337 e. The van der Waals surface area contributed by atoms with E-state index in [9.17, 15) is 14.4 Å². The molecule has 0 spiro atoms. The fourth-order valence-corrected chi connectivity index (χ4v) is 2.94. The van der Waals surface area contributed by atoms with Crippen LogP contribution in [0.2, 0.25) is 5.02 Å². The van der Waals surface area contributed by atoms with Crippen LogP contribution in [0, 0.1) is 18.8 Å². The zero-order valence-corrected chi connectivity index (χ0v) is 15.7. The molecule has 1 fully saturated rings. The molecule has 2 atom stereocenters. The highest BCUT2D eigenvalue weighted by molar-refractivity contribution is 6.31. The van der Waals surface area contributed by atoms with Gasteiger partial charge in [0, 0.05) is 16.4 Å². The molecule has 0 heterocycles. The summed E-state index contributed by atoms with van der Waals surface area (Å²) < 4.78 is 4.63. The van der Waals surface area contributed by atoms with Crippen LogP contribution in [0.1, 0.15) is 22.3 Å². The largest absolute Gasteiger partial charge is 0.465 e. The van der Waals surface area contributed by atoms with E-state index in [1.807, 2.05) is 13.0 Å². The minimum atomic E-state index is -0.442. The molecule has 2 N–H and O–H groups in total. The molecule has 1 aliphatic carbocycles. The van der Waals surface area contributed by atoms with Crippen molar-refractivity contribution in [1.82, 2.24) is 0 Å². The SMILES string of the molecule is COC(=O)c1ccc(NC(=O)C2CC2C(=O)Nc2cc(Cl)ccc2C)cc1. The molecule has 7 heteroatoms. The number of nitrogens with one attached hydrogen (secondary N) is 2. The average molecular weight is 387 g/mol. The summed E-state index contributed by atoms with van der Waals surface area (Å²) in [5.74, 6) is -1.59. The maximum absolute atomic E-state index is 12.4. The van der Waals surface area contributed by atoms with Gasteiger partial charge in [-0.3, -0.25) is 9.59 Å². The Bertz CT molecular complexity index is 895. The topological polar surface area (TPSA) is 84.5 Å². The fraction of sp³-hybridized carbons (Fsp3) is 0.250. The number of esters is 1. The van der Waals surface area contributed by atoms with Gasteiger partial charge in [-0.05, 0) is 55.3 Å². The number of anilines is 2. The van der Waals surface area contributed by atoms with Gasteiger partial charge in [0.05, 0.1) is 24.5 Å². The predicted octanol–water partition coefficient (Wildman–Crippen LogP) is 3.65. The standard InChI is InChI=1S/C20H19ClN2O4/c1-11-3-6-13(21)9-17(11)23-19(25)16-10-15(16)18(24)22-14-7-4-12(5-8-14)20(26)27-2/h3-9,15-16H,10H2,1-2H3,(H,22,24)(H,23,25). The van der Waals surface area contributed by atoms with E-state index in [0.717, 1.165) is 5.56 Å². The number of hydrogen-bond donors (Lipinski definition) is 2. The third-order valence-corrected chi connectivity index (χ3v) is 4.73. The monoisotopic (exact) mass is 386 g/mol. The van der Waals surface area contributed by atoms with Crippen LogP contribution in [-0.4, -0.2) is 24.9 Å². The van der Waals surface area contributed by atoms with Crippen LogP contribution < -0.4 is 10.6 Å². The van der Waals surface area contributed by atoms with E-state index in [-0.39, 0.29) is 23.7 Å². The molecule has 140 valence electrons. The van der Waals surface area contributed by atoms with Gasteiger partial charge in [0.2, 0.25) is 11.8 Å². The molecular formula is C20H19ClN2O4. The number of carbonyl (C=O) groups is 3. The van der Waals surface area contributed by atoms with Crippen LogP contribution in [0.25, 0.3) is 0 Å². The molecule has 0 aromatic heterocycles. The van der Waals surface area contributed by atoms with E-state index < -0.39 is 5.97 Å². The Morgan fingerprint density at radius 1 is 1.00 bits per heavy atom. The van der Waals surface area contributed by atoms with Crippen molar-refractivity contribution in [3.8, 4) is 0 Å². The highest BCUT2D eigenvalue weighted by atomic mass is 35.5. The van der Waals surface area contributed by atoms with Crippen molar-refractivity contribution in [3.63, 3.8) is 0 Å². The third-order valence-electron chi connectivity index (χ3n) is 4.50. The number of hydrogen-bond acceptors (Lipinski definition) is 4. The van der Waals surface area contributed by atoms with Crippen LogP contribution in [0.4, 0.5) is 11.4 Å². The molecule has 0 aliphatic heterocycles. The van der Waals surface area contributed by atoms with Crippen molar-refractivity contribution in [3.05, 3.63) is 58.6 Å². The Balaban J connectivity index is 1.56. The Morgan fingerprint density at radius 3 is 2.26 bits per heavy atom. The molecular weight excluding hydrogens is 368 g/mol. The molecule has 2 unspecified atom stereocenters. The molecule has 0 saturated heterocycles. The van der Waals surface area contributed by atoms with E-state index in [0.29, 0.717) is 28.4 Å². The van der Waals surface area contributed by atoms with E-state index >= 15 is 0 Å². The van der Waals surface area contributed by atoms with Gasteiger partial charge in [-0.1, -0.05) is 17.7 Å². The zero-order chi connectivity index (χ0) is 19.6. The summed E-state index contributed by atoms with van der Waals surface area (Å²) in [6.07, 6.45) is 0.498. The first-order valence-electron chi connectivity index (χ1n) is 8.45. The van der Waals surface area contributed by atoms with Crippen molar-refractivity contribution in [1.29, 1.82) is 0 Å². The summed E-state index contributed by atoms with van der Waals surface area (Å²) in [6.45, 7) is 1.88. The van der Waals surface area contributed by atoms with E-state index in [2.05, 4.69) is 15.4 Å². The van der Waals surface area contributed by atoms with Crippen LogP contribution >= 0.6 is 11.6 Å². The maximum atomic E-state index is 12.4. The molecule has 3 rings (SSSR count). The van der Waals surface area contributed by atoms with Crippen molar-refractivity contribution >= 4 is 40.8 Å². The molecule has 0 bridgehead atoms. The molecule has 27 heavy (non-hydrogen) atoms. The summed E-state index contributed by atoms with van der Waals surface area (Å²) in [4.78, 5) is 36.1. The van der Waals surface area contributed by atoms with Crippen molar-refractivity contribution in [2.75, 3.05) is 17.7 Å².